The zero-order valence-corrected chi connectivity index (χ0v) is 9.86. The summed E-state index contributed by atoms with van der Waals surface area (Å²) in [5, 5.41) is 25.2. The molecule has 6 nitrogen and oxygen atoms in total. The lowest BCUT2D eigenvalue weighted by Crippen LogP contribution is -2.06. The number of rotatable bonds is 10. The molecule has 0 aromatic heterocycles. The summed E-state index contributed by atoms with van der Waals surface area (Å²) in [7, 11) is -0.590. The second-order valence-electron chi connectivity index (χ2n) is 3.32. The molecule has 7 heteroatoms. The summed E-state index contributed by atoms with van der Waals surface area (Å²) >= 11 is 0. The molecule has 0 radical (unpaired) electrons. The molecule has 0 heterocycles. The fraction of sp³-hybridized carbons (Fsp3) is 0.778. The van der Waals surface area contributed by atoms with Gasteiger partial charge in [-0.1, -0.05) is 0 Å². The molecule has 0 fully saturated rings. The number of hydrogen-bond donors (Lipinski definition) is 3. The van der Waals surface area contributed by atoms with E-state index in [0.29, 0.717) is 18.7 Å². The Bertz CT molecular complexity index is 202. The maximum Gasteiger partial charge on any atom is 0.303 e. The largest absolute Gasteiger partial charge is 0.481 e. The molecular formula is C9H17O6P. The van der Waals surface area contributed by atoms with Crippen LogP contribution in [0.15, 0.2) is 0 Å². The second kappa shape index (κ2) is 9.51. The molecule has 0 aliphatic rings. The highest BCUT2D eigenvalue weighted by Gasteiger charge is 2.11. The first-order chi connectivity index (χ1) is 7.56. The number of aliphatic carboxylic acids is 2. The SMILES string of the molecule is O=C(O)CCP(CCCOO)CCC(=O)O. The molecule has 0 unspecified atom stereocenters. The third kappa shape index (κ3) is 9.83. The van der Waals surface area contributed by atoms with Crippen LogP contribution in [0.1, 0.15) is 19.3 Å². The highest BCUT2D eigenvalue weighted by atomic mass is 31.1. The summed E-state index contributed by atoms with van der Waals surface area (Å²) in [4.78, 5) is 24.7. The summed E-state index contributed by atoms with van der Waals surface area (Å²) < 4.78 is 0. The van der Waals surface area contributed by atoms with Crippen molar-refractivity contribution < 1.29 is 29.9 Å². The Balaban J connectivity index is 3.84. The summed E-state index contributed by atoms with van der Waals surface area (Å²) in [6, 6.07) is 0. The van der Waals surface area contributed by atoms with E-state index >= 15 is 0 Å². The van der Waals surface area contributed by atoms with Gasteiger partial charge in [-0.2, -0.15) is 0 Å². The van der Waals surface area contributed by atoms with Crippen LogP contribution in [-0.4, -0.2) is 52.5 Å². The van der Waals surface area contributed by atoms with E-state index in [9.17, 15) is 9.59 Å². The maximum absolute atomic E-state index is 10.4. The molecule has 0 aromatic carbocycles. The Hall–Kier alpha value is -0.710. The van der Waals surface area contributed by atoms with Gasteiger partial charge in [-0.3, -0.25) is 14.8 Å². The fourth-order valence-corrected chi connectivity index (χ4v) is 3.46. The van der Waals surface area contributed by atoms with Crippen LogP contribution in [0, 0.1) is 0 Å². The molecule has 0 aromatic rings. The van der Waals surface area contributed by atoms with Gasteiger partial charge in [0.15, 0.2) is 0 Å². The van der Waals surface area contributed by atoms with Crippen molar-refractivity contribution in [1.82, 2.24) is 0 Å². The van der Waals surface area contributed by atoms with Crippen molar-refractivity contribution in [3.63, 3.8) is 0 Å². The van der Waals surface area contributed by atoms with Gasteiger partial charge in [0, 0.05) is 12.8 Å². The van der Waals surface area contributed by atoms with Crippen LogP contribution in [0.3, 0.4) is 0 Å². The predicted octanol–water partition coefficient (Wildman–Crippen LogP) is 1.30. The molecule has 0 spiro atoms. The third-order valence-electron chi connectivity index (χ3n) is 1.99. The number of carboxylic acid groups (broad SMARTS) is 2. The van der Waals surface area contributed by atoms with E-state index in [0.717, 1.165) is 6.16 Å². The number of carboxylic acids is 2. The van der Waals surface area contributed by atoms with Gasteiger partial charge in [0.25, 0.3) is 0 Å². The molecular weight excluding hydrogens is 235 g/mol. The summed E-state index contributed by atoms with van der Waals surface area (Å²) in [6.45, 7) is 0.207. The topological polar surface area (TPSA) is 104 Å². The second-order valence-corrected chi connectivity index (χ2v) is 6.00. The van der Waals surface area contributed by atoms with Gasteiger partial charge in [0.1, 0.15) is 0 Å². The van der Waals surface area contributed by atoms with Gasteiger partial charge < -0.3 is 10.2 Å². The Kier molecular flexibility index (Phi) is 9.09. The molecule has 16 heavy (non-hydrogen) atoms. The summed E-state index contributed by atoms with van der Waals surface area (Å²) in [6.07, 6.45) is 2.57. The third-order valence-corrected chi connectivity index (χ3v) is 4.65. The van der Waals surface area contributed by atoms with E-state index < -0.39 is 19.9 Å². The molecule has 0 aliphatic carbocycles. The van der Waals surface area contributed by atoms with Gasteiger partial charge in [0.2, 0.25) is 0 Å². The van der Waals surface area contributed by atoms with Crippen LogP contribution in [0.5, 0.6) is 0 Å². The van der Waals surface area contributed by atoms with Crippen molar-refractivity contribution in [3.8, 4) is 0 Å². The van der Waals surface area contributed by atoms with E-state index in [1.165, 1.54) is 0 Å². The average molecular weight is 252 g/mol. The van der Waals surface area contributed by atoms with Crippen LogP contribution in [0.4, 0.5) is 0 Å². The molecule has 0 bridgehead atoms. The normalized spacial score (nSPS) is 10.6. The first-order valence-electron chi connectivity index (χ1n) is 4.98. The molecule has 0 rings (SSSR count). The smallest absolute Gasteiger partial charge is 0.303 e. The molecule has 94 valence electrons. The van der Waals surface area contributed by atoms with Crippen molar-refractivity contribution in [2.24, 2.45) is 0 Å². The van der Waals surface area contributed by atoms with Crippen molar-refractivity contribution in [3.05, 3.63) is 0 Å². The van der Waals surface area contributed by atoms with E-state index in [1.807, 2.05) is 0 Å². The van der Waals surface area contributed by atoms with Crippen LogP contribution in [0.2, 0.25) is 0 Å². The fourth-order valence-electron chi connectivity index (χ4n) is 1.20. The molecule has 0 aliphatic heterocycles. The highest BCUT2D eigenvalue weighted by Crippen LogP contribution is 2.37. The zero-order chi connectivity index (χ0) is 12.4. The Labute approximate surface area is 94.9 Å². The van der Waals surface area contributed by atoms with Crippen LogP contribution >= 0.6 is 7.92 Å². The molecule has 3 N–H and O–H groups in total. The lowest BCUT2D eigenvalue weighted by atomic mass is 10.5. The summed E-state index contributed by atoms with van der Waals surface area (Å²) in [5.74, 6) is -1.72. The molecule has 0 saturated heterocycles. The quantitative estimate of drug-likeness (QED) is 0.234. The minimum absolute atomic E-state index is 0.0747. The Morgan fingerprint density at radius 1 is 1.00 bits per heavy atom. The highest BCUT2D eigenvalue weighted by molar-refractivity contribution is 7.57. The number of carbonyl (C=O) groups is 2. The van der Waals surface area contributed by atoms with Crippen LogP contribution in [-0.2, 0) is 14.5 Å². The molecule has 0 amide bonds. The Morgan fingerprint density at radius 2 is 1.50 bits per heavy atom. The van der Waals surface area contributed by atoms with Gasteiger partial charge >= 0.3 is 11.9 Å². The summed E-state index contributed by atoms with van der Waals surface area (Å²) in [5.41, 5.74) is 0. The first-order valence-corrected chi connectivity index (χ1v) is 6.88. The molecule has 0 atom stereocenters. The van der Waals surface area contributed by atoms with E-state index in [2.05, 4.69) is 4.89 Å². The standard InChI is InChI=1S/C9H17O6P/c10-8(11)2-6-16(5-1-4-15-14)7-3-9(12)13/h14H,1-7H2,(H,10,11)(H,12,13). The van der Waals surface area contributed by atoms with E-state index in [-0.39, 0.29) is 19.4 Å². The van der Waals surface area contributed by atoms with Crippen molar-refractivity contribution in [1.29, 1.82) is 0 Å². The van der Waals surface area contributed by atoms with Crippen molar-refractivity contribution >= 4 is 19.9 Å². The molecule has 0 saturated carbocycles. The lowest BCUT2D eigenvalue weighted by molar-refractivity contribution is -0.241. The average Bonchev–Trinajstić information content (AvgIpc) is 2.21. The predicted molar refractivity (Wildman–Crippen MR) is 59.2 cm³/mol. The van der Waals surface area contributed by atoms with Crippen molar-refractivity contribution in [2.45, 2.75) is 19.3 Å². The zero-order valence-electron chi connectivity index (χ0n) is 8.96. The van der Waals surface area contributed by atoms with Gasteiger partial charge in [0.05, 0.1) is 6.61 Å². The lowest BCUT2D eigenvalue weighted by Gasteiger charge is -2.15. The minimum Gasteiger partial charge on any atom is -0.481 e. The minimum atomic E-state index is -0.860. The van der Waals surface area contributed by atoms with Gasteiger partial charge in [-0.05, 0) is 24.9 Å². The monoisotopic (exact) mass is 252 g/mol. The Morgan fingerprint density at radius 3 is 1.88 bits per heavy atom. The first kappa shape index (κ1) is 15.3. The van der Waals surface area contributed by atoms with Crippen LogP contribution < -0.4 is 0 Å². The maximum atomic E-state index is 10.4. The van der Waals surface area contributed by atoms with E-state index in [4.69, 9.17) is 15.5 Å². The van der Waals surface area contributed by atoms with Gasteiger partial charge in [-0.15, -0.1) is 7.92 Å². The van der Waals surface area contributed by atoms with Crippen LogP contribution in [0.25, 0.3) is 0 Å². The van der Waals surface area contributed by atoms with Gasteiger partial charge in [-0.25, -0.2) is 4.89 Å². The number of hydrogen-bond acceptors (Lipinski definition) is 4. The van der Waals surface area contributed by atoms with E-state index in [1.54, 1.807) is 0 Å². The van der Waals surface area contributed by atoms with Crippen molar-refractivity contribution in [2.75, 3.05) is 25.1 Å².